The highest BCUT2D eigenvalue weighted by molar-refractivity contribution is 9.10. The molecule has 0 aromatic heterocycles. The molecule has 0 fully saturated rings. The van der Waals surface area contributed by atoms with Crippen LogP contribution < -0.4 is 10.5 Å². The van der Waals surface area contributed by atoms with E-state index < -0.39 is 0 Å². The van der Waals surface area contributed by atoms with E-state index in [1.165, 1.54) is 0 Å². The zero-order chi connectivity index (χ0) is 10.6. The van der Waals surface area contributed by atoms with E-state index in [4.69, 9.17) is 22.1 Å². The van der Waals surface area contributed by atoms with Crippen molar-refractivity contribution in [1.29, 1.82) is 0 Å². The SMILES string of the molecule is CCC(CN)Oc1ccc(Br)cc1Cl. The lowest BCUT2D eigenvalue weighted by Crippen LogP contribution is -2.25. The summed E-state index contributed by atoms with van der Waals surface area (Å²) in [7, 11) is 0. The van der Waals surface area contributed by atoms with Gasteiger partial charge >= 0.3 is 0 Å². The van der Waals surface area contributed by atoms with Gasteiger partial charge < -0.3 is 10.5 Å². The summed E-state index contributed by atoms with van der Waals surface area (Å²) in [6.07, 6.45) is 0.914. The summed E-state index contributed by atoms with van der Waals surface area (Å²) in [5.41, 5.74) is 5.53. The molecule has 0 saturated carbocycles. The lowest BCUT2D eigenvalue weighted by atomic mass is 10.2. The average Bonchev–Trinajstić information content (AvgIpc) is 2.17. The minimum atomic E-state index is 0.0358. The van der Waals surface area contributed by atoms with Gasteiger partial charge in [0.25, 0.3) is 0 Å². The molecule has 0 spiro atoms. The third-order valence-electron chi connectivity index (χ3n) is 1.91. The van der Waals surface area contributed by atoms with Crippen LogP contribution in [0.25, 0.3) is 0 Å². The van der Waals surface area contributed by atoms with Crippen LogP contribution in [0, 0.1) is 0 Å². The molecule has 0 bridgehead atoms. The first kappa shape index (κ1) is 11.8. The van der Waals surface area contributed by atoms with Gasteiger partial charge in [0.1, 0.15) is 11.9 Å². The van der Waals surface area contributed by atoms with Crippen LogP contribution in [0.1, 0.15) is 13.3 Å². The van der Waals surface area contributed by atoms with Crippen LogP contribution in [-0.2, 0) is 0 Å². The fourth-order valence-corrected chi connectivity index (χ4v) is 1.77. The van der Waals surface area contributed by atoms with Crippen molar-refractivity contribution in [2.75, 3.05) is 6.54 Å². The molecule has 0 aliphatic heterocycles. The van der Waals surface area contributed by atoms with Gasteiger partial charge in [-0.05, 0) is 24.6 Å². The largest absolute Gasteiger partial charge is 0.488 e. The second-order valence-electron chi connectivity index (χ2n) is 2.96. The van der Waals surface area contributed by atoms with E-state index in [9.17, 15) is 0 Å². The molecule has 78 valence electrons. The Hall–Kier alpha value is -0.250. The van der Waals surface area contributed by atoms with Gasteiger partial charge in [-0.2, -0.15) is 0 Å². The number of hydrogen-bond acceptors (Lipinski definition) is 2. The summed E-state index contributed by atoms with van der Waals surface area (Å²) in [4.78, 5) is 0. The van der Waals surface area contributed by atoms with Gasteiger partial charge in [-0.25, -0.2) is 0 Å². The molecular weight excluding hydrogens is 265 g/mol. The van der Waals surface area contributed by atoms with Crippen LogP contribution in [-0.4, -0.2) is 12.6 Å². The molecular formula is C10H13BrClNO. The van der Waals surface area contributed by atoms with E-state index in [2.05, 4.69) is 15.9 Å². The van der Waals surface area contributed by atoms with Crippen molar-refractivity contribution in [2.24, 2.45) is 5.73 Å². The Kier molecular flexibility index (Phi) is 4.72. The Morgan fingerprint density at radius 1 is 1.57 bits per heavy atom. The quantitative estimate of drug-likeness (QED) is 0.918. The summed E-state index contributed by atoms with van der Waals surface area (Å²) in [5.74, 6) is 0.687. The molecule has 0 aliphatic rings. The molecule has 0 aliphatic carbocycles. The van der Waals surface area contributed by atoms with Gasteiger partial charge in [0.05, 0.1) is 5.02 Å². The Morgan fingerprint density at radius 2 is 2.29 bits per heavy atom. The average molecular weight is 279 g/mol. The molecule has 0 heterocycles. The topological polar surface area (TPSA) is 35.2 Å². The molecule has 1 aromatic carbocycles. The first-order valence-corrected chi connectivity index (χ1v) is 5.66. The number of halogens is 2. The van der Waals surface area contributed by atoms with Crippen LogP contribution in [0.5, 0.6) is 5.75 Å². The second kappa shape index (κ2) is 5.59. The molecule has 1 rings (SSSR count). The van der Waals surface area contributed by atoms with Crippen LogP contribution in [0.15, 0.2) is 22.7 Å². The Balaban J connectivity index is 2.76. The predicted octanol–water partition coefficient (Wildman–Crippen LogP) is 3.22. The predicted molar refractivity (Wildman–Crippen MR) is 62.9 cm³/mol. The van der Waals surface area contributed by atoms with Gasteiger partial charge in [-0.15, -0.1) is 0 Å². The highest BCUT2D eigenvalue weighted by Gasteiger charge is 2.08. The zero-order valence-corrected chi connectivity index (χ0v) is 10.3. The molecule has 0 amide bonds. The number of nitrogens with two attached hydrogens (primary N) is 1. The van der Waals surface area contributed by atoms with Crippen molar-refractivity contribution in [3.8, 4) is 5.75 Å². The maximum Gasteiger partial charge on any atom is 0.138 e. The molecule has 0 saturated heterocycles. The summed E-state index contributed by atoms with van der Waals surface area (Å²) in [5, 5.41) is 0.603. The fraction of sp³-hybridized carbons (Fsp3) is 0.400. The van der Waals surface area contributed by atoms with Gasteiger partial charge in [-0.3, -0.25) is 0 Å². The monoisotopic (exact) mass is 277 g/mol. The Labute approximate surface area is 97.5 Å². The lowest BCUT2D eigenvalue weighted by molar-refractivity contribution is 0.205. The molecule has 0 radical (unpaired) electrons. The number of hydrogen-bond donors (Lipinski definition) is 1. The standard InChI is InChI=1S/C10H13BrClNO/c1-2-8(6-13)14-10-4-3-7(11)5-9(10)12/h3-5,8H,2,6,13H2,1H3. The maximum atomic E-state index is 5.99. The molecule has 2 nitrogen and oxygen atoms in total. The first-order chi connectivity index (χ1) is 6.67. The van der Waals surface area contributed by atoms with E-state index in [1.54, 1.807) is 6.07 Å². The van der Waals surface area contributed by atoms with Crippen molar-refractivity contribution in [3.05, 3.63) is 27.7 Å². The van der Waals surface area contributed by atoms with Crippen LogP contribution in [0.4, 0.5) is 0 Å². The summed E-state index contributed by atoms with van der Waals surface area (Å²) < 4.78 is 6.56. The minimum Gasteiger partial charge on any atom is -0.488 e. The number of ether oxygens (including phenoxy) is 1. The van der Waals surface area contributed by atoms with E-state index in [0.29, 0.717) is 17.3 Å². The fourth-order valence-electron chi connectivity index (χ4n) is 1.05. The molecule has 1 atom stereocenters. The Bertz CT molecular complexity index is 302. The van der Waals surface area contributed by atoms with E-state index in [-0.39, 0.29) is 6.10 Å². The minimum absolute atomic E-state index is 0.0358. The van der Waals surface area contributed by atoms with Crippen molar-refractivity contribution >= 4 is 27.5 Å². The molecule has 2 N–H and O–H groups in total. The van der Waals surface area contributed by atoms with Crippen molar-refractivity contribution in [2.45, 2.75) is 19.4 Å². The maximum absolute atomic E-state index is 5.99. The van der Waals surface area contributed by atoms with Crippen LogP contribution in [0.3, 0.4) is 0 Å². The summed E-state index contributed by atoms with van der Waals surface area (Å²) in [6.45, 7) is 2.53. The third-order valence-corrected chi connectivity index (χ3v) is 2.69. The van der Waals surface area contributed by atoms with Crippen LogP contribution >= 0.6 is 27.5 Å². The van der Waals surface area contributed by atoms with Gasteiger partial charge in [0.2, 0.25) is 0 Å². The van der Waals surface area contributed by atoms with Gasteiger partial charge in [0, 0.05) is 11.0 Å². The summed E-state index contributed by atoms with van der Waals surface area (Å²) >= 11 is 9.32. The highest BCUT2D eigenvalue weighted by atomic mass is 79.9. The van der Waals surface area contributed by atoms with Gasteiger partial charge in [-0.1, -0.05) is 34.5 Å². The van der Waals surface area contributed by atoms with E-state index >= 15 is 0 Å². The second-order valence-corrected chi connectivity index (χ2v) is 4.28. The van der Waals surface area contributed by atoms with Crippen molar-refractivity contribution in [1.82, 2.24) is 0 Å². The molecule has 1 unspecified atom stereocenters. The molecule has 14 heavy (non-hydrogen) atoms. The zero-order valence-electron chi connectivity index (χ0n) is 7.97. The number of benzene rings is 1. The molecule has 4 heteroatoms. The van der Waals surface area contributed by atoms with Gasteiger partial charge in [0.15, 0.2) is 0 Å². The normalized spacial score (nSPS) is 12.6. The lowest BCUT2D eigenvalue weighted by Gasteiger charge is -2.16. The summed E-state index contributed by atoms with van der Waals surface area (Å²) in [6, 6.07) is 5.54. The number of rotatable bonds is 4. The van der Waals surface area contributed by atoms with Crippen molar-refractivity contribution < 1.29 is 4.74 Å². The third kappa shape index (κ3) is 3.15. The molecule has 1 aromatic rings. The Morgan fingerprint density at radius 3 is 2.79 bits per heavy atom. The van der Waals surface area contributed by atoms with E-state index in [1.807, 2.05) is 19.1 Å². The van der Waals surface area contributed by atoms with Crippen molar-refractivity contribution in [3.63, 3.8) is 0 Å². The highest BCUT2D eigenvalue weighted by Crippen LogP contribution is 2.28. The first-order valence-electron chi connectivity index (χ1n) is 4.49. The van der Waals surface area contributed by atoms with E-state index in [0.717, 1.165) is 10.9 Å². The van der Waals surface area contributed by atoms with Crippen LogP contribution in [0.2, 0.25) is 5.02 Å². The smallest absolute Gasteiger partial charge is 0.138 e.